The predicted molar refractivity (Wildman–Crippen MR) is 119 cm³/mol. The Hall–Kier alpha value is -2.88. The number of halogens is 1. The van der Waals surface area contributed by atoms with Crippen molar-refractivity contribution in [1.29, 1.82) is 0 Å². The minimum absolute atomic E-state index is 0.0587. The second-order valence-electron chi connectivity index (χ2n) is 8.76. The van der Waals surface area contributed by atoms with Crippen LogP contribution in [0.2, 0.25) is 0 Å². The molecule has 0 bridgehead atoms. The first kappa shape index (κ1) is 19.1. The SMILES string of the molecule is Cc1ccc2[nH]c([C@]3(C)CCCN3C3=[C]C(c4ccccc4F)CC=C3)nc2c1C. The molecule has 3 aromatic rings. The number of aromatic nitrogens is 2. The summed E-state index contributed by atoms with van der Waals surface area (Å²) in [5, 5.41) is 0. The number of likely N-dealkylation sites (tertiary alicyclic amines) is 1. The number of nitrogens with one attached hydrogen (secondary N) is 1. The molecule has 2 atom stereocenters. The van der Waals surface area contributed by atoms with Gasteiger partial charge in [-0.25, -0.2) is 9.37 Å². The van der Waals surface area contributed by atoms with Gasteiger partial charge in [-0.1, -0.05) is 30.3 Å². The summed E-state index contributed by atoms with van der Waals surface area (Å²) in [6.07, 6.45) is 10.8. The summed E-state index contributed by atoms with van der Waals surface area (Å²) in [6.45, 7) is 7.47. The lowest BCUT2D eigenvalue weighted by atomic mass is 9.89. The van der Waals surface area contributed by atoms with E-state index in [4.69, 9.17) is 4.98 Å². The molecule has 1 radical (unpaired) electrons. The number of fused-ring (bicyclic) bond motifs is 1. The number of imidazole rings is 1. The highest BCUT2D eigenvalue weighted by atomic mass is 19.1. The average Bonchev–Trinajstić information content (AvgIpc) is 3.36. The van der Waals surface area contributed by atoms with Crippen LogP contribution in [-0.2, 0) is 5.54 Å². The molecule has 1 aliphatic carbocycles. The number of rotatable bonds is 3. The summed E-state index contributed by atoms with van der Waals surface area (Å²) in [7, 11) is 0. The van der Waals surface area contributed by atoms with Crippen LogP contribution < -0.4 is 0 Å². The molecule has 153 valence electrons. The van der Waals surface area contributed by atoms with Crippen LogP contribution in [-0.4, -0.2) is 21.4 Å². The van der Waals surface area contributed by atoms with Crippen LogP contribution in [0.15, 0.2) is 54.2 Å². The van der Waals surface area contributed by atoms with Gasteiger partial charge in [0.2, 0.25) is 0 Å². The van der Waals surface area contributed by atoms with E-state index in [1.54, 1.807) is 6.07 Å². The molecular formula is C26H27FN3. The van der Waals surface area contributed by atoms with Gasteiger partial charge >= 0.3 is 0 Å². The van der Waals surface area contributed by atoms with Gasteiger partial charge in [-0.15, -0.1) is 0 Å². The van der Waals surface area contributed by atoms with Crippen LogP contribution in [0.3, 0.4) is 0 Å². The molecular weight excluding hydrogens is 373 g/mol. The Balaban J connectivity index is 1.54. The standard InChI is InChI=1S/C26H27FN3/c1-17-12-13-23-24(18(17)2)29-25(28-23)26(3)14-7-15-30(26)20-9-6-8-19(16-20)21-10-4-5-11-22(21)27/h4-6,9-13,19H,7-8,14-15H2,1-3H3,(H,28,29)/t19?,26-/m0/s1. The third kappa shape index (κ3) is 2.97. The summed E-state index contributed by atoms with van der Waals surface area (Å²) in [6, 6.07) is 11.3. The molecule has 2 heterocycles. The third-order valence-electron chi connectivity index (χ3n) is 6.87. The molecule has 0 spiro atoms. The van der Waals surface area contributed by atoms with E-state index in [0.29, 0.717) is 0 Å². The van der Waals surface area contributed by atoms with Gasteiger partial charge in [0.1, 0.15) is 11.6 Å². The molecule has 5 rings (SSSR count). The number of nitrogens with zero attached hydrogens (tertiary/aromatic N) is 2. The highest BCUT2D eigenvalue weighted by Crippen LogP contribution is 2.42. The Labute approximate surface area is 177 Å². The van der Waals surface area contributed by atoms with Crippen LogP contribution in [0.5, 0.6) is 0 Å². The van der Waals surface area contributed by atoms with Gasteiger partial charge in [-0.2, -0.15) is 0 Å². The number of allylic oxidation sites excluding steroid dienone is 3. The topological polar surface area (TPSA) is 31.9 Å². The molecule has 0 saturated carbocycles. The number of H-pyrrole nitrogens is 1. The van der Waals surface area contributed by atoms with Crippen molar-refractivity contribution in [3.05, 3.63) is 88.7 Å². The second-order valence-corrected chi connectivity index (χ2v) is 8.76. The maximum Gasteiger partial charge on any atom is 0.132 e. The third-order valence-corrected chi connectivity index (χ3v) is 6.87. The van der Waals surface area contributed by atoms with Crippen molar-refractivity contribution >= 4 is 11.0 Å². The maximum atomic E-state index is 14.4. The van der Waals surface area contributed by atoms with Crippen LogP contribution in [0.4, 0.5) is 4.39 Å². The highest BCUT2D eigenvalue weighted by Gasteiger charge is 2.42. The molecule has 2 aliphatic rings. The van der Waals surface area contributed by atoms with Gasteiger partial charge < -0.3 is 9.88 Å². The van der Waals surface area contributed by atoms with Crippen LogP contribution in [0.25, 0.3) is 11.0 Å². The minimum atomic E-state index is -0.233. The van der Waals surface area contributed by atoms with Crippen molar-refractivity contribution in [1.82, 2.24) is 14.9 Å². The molecule has 0 amide bonds. The van der Waals surface area contributed by atoms with Crippen molar-refractivity contribution in [3.8, 4) is 0 Å². The zero-order valence-electron chi connectivity index (χ0n) is 17.8. The lowest BCUT2D eigenvalue weighted by Gasteiger charge is -2.37. The van der Waals surface area contributed by atoms with Crippen LogP contribution >= 0.6 is 0 Å². The normalized spacial score (nSPS) is 23.9. The molecule has 1 unspecified atom stereocenters. The largest absolute Gasteiger partial charge is 0.359 e. The quantitative estimate of drug-likeness (QED) is 0.579. The summed E-state index contributed by atoms with van der Waals surface area (Å²) in [4.78, 5) is 11.0. The fourth-order valence-electron chi connectivity index (χ4n) is 4.90. The smallest absolute Gasteiger partial charge is 0.132 e. The molecule has 3 nitrogen and oxygen atoms in total. The fourth-order valence-corrected chi connectivity index (χ4v) is 4.90. The molecule has 1 aliphatic heterocycles. The van der Waals surface area contributed by atoms with Crippen molar-refractivity contribution in [2.45, 2.75) is 51.5 Å². The summed E-state index contributed by atoms with van der Waals surface area (Å²) in [5.41, 5.74) is 6.16. The summed E-state index contributed by atoms with van der Waals surface area (Å²) < 4.78 is 14.4. The van der Waals surface area contributed by atoms with E-state index in [1.165, 1.54) is 17.2 Å². The van der Waals surface area contributed by atoms with Gasteiger partial charge in [0, 0.05) is 18.2 Å². The lowest BCUT2D eigenvalue weighted by molar-refractivity contribution is 0.199. The first-order chi connectivity index (χ1) is 14.5. The first-order valence-corrected chi connectivity index (χ1v) is 10.8. The lowest BCUT2D eigenvalue weighted by Crippen LogP contribution is -2.39. The van der Waals surface area contributed by atoms with Crippen molar-refractivity contribution < 1.29 is 4.39 Å². The van der Waals surface area contributed by atoms with Crippen LogP contribution in [0, 0.1) is 25.7 Å². The van der Waals surface area contributed by atoms with Gasteiger partial charge in [0.05, 0.1) is 16.6 Å². The van der Waals surface area contributed by atoms with Crippen LogP contribution in [0.1, 0.15) is 54.6 Å². The molecule has 2 aromatic carbocycles. The molecule has 1 fully saturated rings. The van der Waals surface area contributed by atoms with E-state index >= 15 is 0 Å². The van der Waals surface area contributed by atoms with E-state index in [-0.39, 0.29) is 17.3 Å². The number of aryl methyl sites for hydroxylation is 2. The van der Waals surface area contributed by atoms with E-state index in [0.717, 1.165) is 53.9 Å². The average molecular weight is 401 g/mol. The molecule has 4 heteroatoms. The fraction of sp³-hybridized carbons (Fsp3) is 0.346. The number of benzene rings is 2. The Morgan fingerprint density at radius 1 is 1.20 bits per heavy atom. The molecule has 30 heavy (non-hydrogen) atoms. The zero-order chi connectivity index (χ0) is 20.9. The van der Waals surface area contributed by atoms with E-state index in [1.807, 2.05) is 12.1 Å². The molecule has 1 aromatic heterocycles. The van der Waals surface area contributed by atoms with Gasteiger partial charge in [-0.05, 0) is 81.0 Å². The van der Waals surface area contributed by atoms with Crippen molar-refractivity contribution in [2.24, 2.45) is 0 Å². The number of hydrogen-bond acceptors (Lipinski definition) is 2. The predicted octanol–water partition coefficient (Wildman–Crippen LogP) is 6.06. The Bertz CT molecular complexity index is 1170. The summed E-state index contributed by atoms with van der Waals surface area (Å²) >= 11 is 0. The van der Waals surface area contributed by atoms with Gasteiger partial charge in [-0.3, -0.25) is 0 Å². The van der Waals surface area contributed by atoms with Crippen molar-refractivity contribution in [3.63, 3.8) is 0 Å². The van der Waals surface area contributed by atoms with Crippen molar-refractivity contribution in [2.75, 3.05) is 6.54 Å². The van der Waals surface area contributed by atoms with E-state index in [2.05, 4.69) is 61.0 Å². The molecule has 1 saturated heterocycles. The number of aromatic amines is 1. The second kappa shape index (κ2) is 7.12. The Morgan fingerprint density at radius 2 is 2.03 bits per heavy atom. The Morgan fingerprint density at radius 3 is 2.87 bits per heavy atom. The molecule has 1 N–H and O–H groups in total. The minimum Gasteiger partial charge on any atom is -0.359 e. The monoisotopic (exact) mass is 400 g/mol. The van der Waals surface area contributed by atoms with E-state index in [9.17, 15) is 4.39 Å². The van der Waals surface area contributed by atoms with Gasteiger partial charge in [0.25, 0.3) is 0 Å². The Kier molecular flexibility index (Phi) is 4.53. The maximum absolute atomic E-state index is 14.4. The summed E-state index contributed by atoms with van der Waals surface area (Å²) in [5.74, 6) is 0.785. The highest BCUT2D eigenvalue weighted by molar-refractivity contribution is 5.80. The number of hydrogen-bond donors (Lipinski definition) is 1. The van der Waals surface area contributed by atoms with Gasteiger partial charge in [0.15, 0.2) is 0 Å². The zero-order valence-corrected chi connectivity index (χ0v) is 17.8. The first-order valence-electron chi connectivity index (χ1n) is 10.8. The van der Waals surface area contributed by atoms with E-state index < -0.39 is 0 Å².